The average molecular weight is 220 g/mol. The molecule has 0 bridgehead atoms. The maximum absolute atomic E-state index is 13.2. The van der Waals surface area contributed by atoms with Crippen LogP contribution in [0.5, 0.6) is 5.75 Å². The highest BCUT2D eigenvalue weighted by molar-refractivity contribution is 5.43. The summed E-state index contributed by atoms with van der Waals surface area (Å²) in [5.74, 6) is -0.320. The van der Waals surface area contributed by atoms with Crippen molar-refractivity contribution in [3.63, 3.8) is 0 Å². The van der Waals surface area contributed by atoms with Crippen molar-refractivity contribution in [2.75, 3.05) is 20.2 Å². The van der Waals surface area contributed by atoms with E-state index in [0.29, 0.717) is 6.54 Å². The first kappa shape index (κ1) is 12.2. The first-order valence-electron chi connectivity index (χ1n) is 4.81. The number of hydrogen-bond donors (Lipinski definition) is 1. The van der Waals surface area contributed by atoms with Crippen molar-refractivity contribution in [2.24, 2.45) is 0 Å². The minimum Gasteiger partial charge on any atom is -0.488 e. The Kier molecular flexibility index (Phi) is 4.49. The summed E-state index contributed by atoms with van der Waals surface area (Å²) in [6, 6.07) is 6.07. The molecule has 0 spiro atoms. The molecule has 0 aliphatic carbocycles. The normalized spacial score (nSPS) is 9.56. The molecule has 0 unspecified atom stereocenters. The zero-order valence-electron chi connectivity index (χ0n) is 9.09. The first-order chi connectivity index (χ1) is 7.69. The monoisotopic (exact) mass is 220 g/mol. The van der Waals surface area contributed by atoms with Crippen molar-refractivity contribution in [3.8, 4) is 11.8 Å². The van der Waals surface area contributed by atoms with Gasteiger partial charge in [-0.05, 0) is 24.8 Å². The third-order valence-electron chi connectivity index (χ3n) is 1.95. The lowest BCUT2D eigenvalue weighted by molar-refractivity contribution is 0.346. The first-order valence-corrected chi connectivity index (χ1v) is 4.81. The highest BCUT2D eigenvalue weighted by Crippen LogP contribution is 2.20. The second-order valence-corrected chi connectivity index (χ2v) is 3.29. The molecule has 0 aromatic heterocycles. The molecule has 0 heterocycles. The second-order valence-electron chi connectivity index (χ2n) is 3.29. The summed E-state index contributed by atoms with van der Waals surface area (Å²) < 4.78 is 18.5. The zero-order valence-corrected chi connectivity index (χ0v) is 9.09. The van der Waals surface area contributed by atoms with E-state index < -0.39 is 5.82 Å². The van der Waals surface area contributed by atoms with E-state index in [9.17, 15) is 4.39 Å². The van der Waals surface area contributed by atoms with Crippen LogP contribution < -0.4 is 10.1 Å². The van der Waals surface area contributed by atoms with E-state index in [2.05, 4.69) is 11.9 Å². The van der Waals surface area contributed by atoms with Gasteiger partial charge in [-0.3, -0.25) is 0 Å². The molecule has 0 fully saturated rings. The van der Waals surface area contributed by atoms with E-state index in [1.165, 1.54) is 12.1 Å². The van der Waals surface area contributed by atoms with Gasteiger partial charge in [-0.2, -0.15) is 5.26 Å². The lowest BCUT2D eigenvalue weighted by Gasteiger charge is -2.09. The van der Waals surface area contributed by atoms with E-state index in [4.69, 9.17) is 10.00 Å². The van der Waals surface area contributed by atoms with E-state index in [0.717, 1.165) is 5.57 Å². The maximum Gasteiger partial charge on any atom is 0.144 e. The fourth-order valence-corrected chi connectivity index (χ4v) is 1.21. The highest BCUT2D eigenvalue weighted by atomic mass is 19.1. The van der Waals surface area contributed by atoms with Crippen molar-refractivity contribution < 1.29 is 9.13 Å². The largest absolute Gasteiger partial charge is 0.488 e. The predicted molar refractivity (Wildman–Crippen MR) is 59.7 cm³/mol. The van der Waals surface area contributed by atoms with Crippen molar-refractivity contribution in [1.29, 1.82) is 5.26 Å². The highest BCUT2D eigenvalue weighted by Gasteiger charge is 2.08. The third-order valence-corrected chi connectivity index (χ3v) is 1.95. The Balaban J connectivity index is 2.71. The van der Waals surface area contributed by atoms with Crippen molar-refractivity contribution in [2.45, 2.75) is 0 Å². The molecule has 0 saturated carbocycles. The number of likely N-dealkylation sites (N-methyl/N-ethyl adjacent to an activating group) is 1. The lowest BCUT2D eigenvalue weighted by Crippen LogP contribution is -2.15. The zero-order chi connectivity index (χ0) is 12.0. The number of ether oxygens (including phenoxy) is 1. The summed E-state index contributed by atoms with van der Waals surface area (Å²) in [4.78, 5) is 0. The van der Waals surface area contributed by atoms with Crippen LogP contribution in [-0.4, -0.2) is 20.2 Å². The Morgan fingerprint density at radius 3 is 3.00 bits per heavy atom. The van der Waals surface area contributed by atoms with Crippen molar-refractivity contribution in [3.05, 3.63) is 41.7 Å². The molecule has 4 heteroatoms. The van der Waals surface area contributed by atoms with Gasteiger partial charge in [0, 0.05) is 6.54 Å². The van der Waals surface area contributed by atoms with Gasteiger partial charge in [0.1, 0.15) is 29.8 Å². The topological polar surface area (TPSA) is 45.0 Å². The third kappa shape index (κ3) is 3.07. The molecule has 0 saturated heterocycles. The van der Waals surface area contributed by atoms with Crippen LogP contribution in [0.2, 0.25) is 0 Å². The predicted octanol–water partition coefficient (Wildman–Crippen LogP) is 1.85. The van der Waals surface area contributed by atoms with Gasteiger partial charge in [0.15, 0.2) is 0 Å². The average Bonchev–Trinajstić information content (AvgIpc) is 2.27. The van der Waals surface area contributed by atoms with Gasteiger partial charge in [-0.1, -0.05) is 12.6 Å². The van der Waals surface area contributed by atoms with Crippen LogP contribution in [0.25, 0.3) is 0 Å². The molecule has 1 N–H and O–H groups in total. The summed E-state index contributed by atoms with van der Waals surface area (Å²) in [5, 5.41) is 11.7. The molecule has 0 atom stereocenters. The molecular weight excluding hydrogens is 207 g/mol. The number of hydrogen-bond acceptors (Lipinski definition) is 3. The van der Waals surface area contributed by atoms with Crippen LogP contribution in [-0.2, 0) is 0 Å². The summed E-state index contributed by atoms with van der Waals surface area (Å²) in [5.41, 5.74) is 0.760. The Bertz CT molecular complexity index is 424. The van der Waals surface area contributed by atoms with Gasteiger partial charge in [-0.15, -0.1) is 0 Å². The fourth-order valence-electron chi connectivity index (χ4n) is 1.21. The van der Waals surface area contributed by atoms with Crippen LogP contribution in [0, 0.1) is 17.1 Å². The molecule has 3 nitrogen and oxygen atoms in total. The van der Waals surface area contributed by atoms with E-state index in [-0.39, 0.29) is 17.9 Å². The number of rotatable bonds is 5. The summed E-state index contributed by atoms with van der Waals surface area (Å²) in [6.45, 7) is 4.66. The standard InChI is InChI=1S/C12H13FN2O/c1-9(7-15-2)8-16-12-5-3-4-11(13)10(12)6-14/h3-5,15H,1,7-8H2,2H3. The molecule has 1 aromatic rings. The van der Waals surface area contributed by atoms with Gasteiger partial charge in [-0.25, -0.2) is 4.39 Å². The van der Waals surface area contributed by atoms with Crippen LogP contribution in [0.1, 0.15) is 5.56 Å². The molecule has 0 radical (unpaired) electrons. The number of nitrogens with one attached hydrogen (secondary N) is 1. The molecule has 0 aliphatic heterocycles. The molecular formula is C12H13FN2O. The maximum atomic E-state index is 13.2. The number of halogens is 1. The van der Waals surface area contributed by atoms with Gasteiger partial charge in [0.25, 0.3) is 0 Å². The van der Waals surface area contributed by atoms with Gasteiger partial charge in [0.05, 0.1) is 0 Å². The van der Waals surface area contributed by atoms with Crippen LogP contribution >= 0.6 is 0 Å². The molecule has 1 aromatic carbocycles. The molecule has 1 rings (SSSR count). The van der Waals surface area contributed by atoms with Crippen LogP contribution in [0.15, 0.2) is 30.4 Å². The summed E-state index contributed by atoms with van der Waals surface area (Å²) >= 11 is 0. The van der Waals surface area contributed by atoms with Gasteiger partial charge in [0.2, 0.25) is 0 Å². The fraction of sp³-hybridized carbons (Fsp3) is 0.250. The smallest absolute Gasteiger partial charge is 0.144 e. The Morgan fingerprint density at radius 1 is 1.62 bits per heavy atom. The van der Waals surface area contributed by atoms with Crippen LogP contribution in [0.3, 0.4) is 0 Å². The van der Waals surface area contributed by atoms with Crippen molar-refractivity contribution >= 4 is 0 Å². The van der Waals surface area contributed by atoms with E-state index in [1.807, 2.05) is 0 Å². The Labute approximate surface area is 94.2 Å². The summed E-state index contributed by atoms with van der Waals surface area (Å²) in [6.07, 6.45) is 0. The van der Waals surface area contributed by atoms with E-state index >= 15 is 0 Å². The second kappa shape index (κ2) is 5.89. The molecule has 0 amide bonds. The van der Waals surface area contributed by atoms with Gasteiger partial charge < -0.3 is 10.1 Å². The Morgan fingerprint density at radius 2 is 2.38 bits per heavy atom. The minimum absolute atomic E-state index is 0.0697. The molecule has 84 valence electrons. The van der Waals surface area contributed by atoms with Gasteiger partial charge >= 0.3 is 0 Å². The van der Waals surface area contributed by atoms with Crippen molar-refractivity contribution in [1.82, 2.24) is 5.32 Å². The van der Waals surface area contributed by atoms with Crippen LogP contribution in [0.4, 0.5) is 4.39 Å². The van der Waals surface area contributed by atoms with E-state index in [1.54, 1.807) is 19.2 Å². The minimum atomic E-state index is -0.570. The number of nitriles is 1. The SMILES string of the molecule is C=C(CNC)COc1cccc(F)c1C#N. The number of benzene rings is 1. The Hall–Kier alpha value is -1.86. The quantitative estimate of drug-likeness (QED) is 0.770. The number of nitrogens with zero attached hydrogens (tertiary/aromatic N) is 1. The molecule has 0 aliphatic rings. The summed E-state index contributed by atoms with van der Waals surface area (Å²) in [7, 11) is 1.80. The molecule has 16 heavy (non-hydrogen) atoms. The lowest BCUT2D eigenvalue weighted by atomic mass is 10.2.